The molecule has 0 aliphatic heterocycles. The van der Waals surface area contributed by atoms with Gasteiger partial charge in [-0.2, -0.15) is 4.99 Å². The highest BCUT2D eigenvalue weighted by molar-refractivity contribution is 5.53. The second-order valence-corrected chi connectivity index (χ2v) is 3.74. The number of phenolic OH excluding ortho intramolecular Hbond substituents is 1. The number of nitrogens with zero attached hydrogens (tertiary/aromatic N) is 1. The molecule has 0 radical (unpaired) electrons. The maximum absolute atomic E-state index is 13.3. The molecule has 0 unspecified atom stereocenters. The van der Waals surface area contributed by atoms with Crippen molar-refractivity contribution < 1.29 is 19.0 Å². The van der Waals surface area contributed by atoms with Gasteiger partial charge in [0.25, 0.3) is 0 Å². The van der Waals surface area contributed by atoms with Crippen LogP contribution in [-0.4, -0.2) is 18.3 Å². The van der Waals surface area contributed by atoms with Gasteiger partial charge in [-0.25, -0.2) is 9.18 Å². The lowest BCUT2D eigenvalue weighted by Gasteiger charge is -2.13. The molecule has 1 aromatic rings. The normalized spacial score (nSPS) is 16.4. The van der Waals surface area contributed by atoms with Crippen LogP contribution in [0.1, 0.15) is 18.4 Å². The molecule has 0 heterocycles. The van der Waals surface area contributed by atoms with E-state index in [1.165, 1.54) is 19.3 Å². The van der Waals surface area contributed by atoms with E-state index in [0.717, 1.165) is 6.07 Å². The molecule has 1 saturated carbocycles. The predicted molar refractivity (Wildman–Crippen MR) is 53.7 cm³/mol. The standard InChI is InChI=1S/C11H10FNO3/c1-16-9-5-7(12)4-8(10(9)15)11(2-3-11)13-6-14/h4-5,15H,2-3H2,1H3. The van der Waals surface area contributed by atoms with Gasteiger partial charge in [0.2, 0.25) is 6.08 Å². The zero-order valence-electron chi connectivity index (χ0n) is 8.66. The average molecular weight is 223 g/mol. The number of benzene rings is 1. The van der Waals surface area contributed by atoms with Gasteiger partial charge in [0.05, 0.1) is 7.11 Å². The molecular weight excluding hydrogens is 213 g/mol. The van der Waals surface area contributed by atoms with E-state index in [1.807, 2.05) is 0 Å². The van der Waals surface area contributed by atoms with Crippen molar-refractivity contribution in [2.45, 2.75) is 18.4 Å². The summed E-state index contributed by atoms with van der Waals surface area (Å²) in [5.74, 6) is -0.653. The summed E-state index contributed by atoms with van der Waals surface area (Å²) in [5.41, 5.74) is -0.519. The lowest BCUT2D eigenvalue weighted by molar-refractivity contribution is 0.364. The fourth-order valence-corrected chi connectivity index (χ4v) is 1.73. The number of methoxy groups -OCH3 is 1. The topological polar surface area (TPSA) is 58.9 Å². The van der Waals surface area contributed by atoms with Gasteiger partial charge in [0.1, 0.15) is 11.4 Å². The second-order valence-electron chi connectivity index (χ2n) is 3.74. The molecule has 1 aliphatic carbocycles. The number of phenols is 1. The summed E-state index contributed by atoms with van der Waals surface area (Å²) in [7, 11) is 1.33. The molecule has 0 bridgehead atoms. The highest BCUT2D eigenvalue weighted by atomic mass is 19.1. The van der Waals surface area contributed by atoms with Gasteiger partial charge < -0.3 is 9.84 Å². The molecule has 16 heavy (non-hydrogen) atoms. The van der Waals surface area contributed by atoms with E-state index in [2.05, 4.69) is 4.99 Å². The number of hydrogen-bond donors (Lipinski definition) is 1. The highest BCUT2D eigenvalue weighted by Gasteiger charge is 2.47. The Morgan fingerprint density at radius 2 is 2.25 bits per heavy atom. The van der Waals surface area contributed by atoms with Crippen molar-refractivity contribution in [1.29, 1.82) is 0 Å². The molecule has 2 rings (SSSR count). The number of rotatable bonds is 3. The van der Waals surface area contributed by atoms with Crippen molar-refractivity contribution in [3.63, 3.8) is 0 Å². The minimum atomic E-state index is -0.804. The van der Waals surface area contributed by atoms with Crippen LogP contribution >= 0.6 is 0 Å². The number of isocyanates is 1. The zero-order valence-corrected chi connectivity index (χ0v) is 8.66. The summed E-state index contributed by atoms with van der Waals surface area (Å²) >= 11 is 0. The molecule has 0 atom stereocenters. The van der Waals surface area contributed by atoms with Gasteiger partial charge >= 0.3 is 0 Å². The summed E-state index contributed by atoms with van der Waals surface area (Å²) in [6, 6.07) is 2.26. The number of carbonyl (C=O) groups excluding carboxylic acids is 1. The van der Waals surface area contributed by atoms with E-state index in [4.69, 9.17) is 4.74 Å². The van der Waals surface area contributed by atoms with Gasteiger partial charge in [0, 0.05) is 11.6 Å². The quantitative estimate of drug-likeness (QED) is 0.628. The number of ether oxygens (including phenoxy) is 1. The molecule has 4 nitrogen and oxygen atoms in total. The molecule has 1 aromatic carbocycles. The Kier molecular flexibility index (Phi) is 2.40. The van der Waals surface area contributed by atoms with E-state index < -0.39 is 11.4 Å². The van der Waals surface area contributed by atoms with Crippen molar-refractivity contribution in [1.82, 2.24) is 0 Å². The second kappa shape index (κ2) is 3.61. The molecule has 1 fully saturated rings. The average Bonchev–Trinajstić information content (AvgIpc) is 3.02. The Bertz CT molecular complexity index is 476. The largest absolute Gasteiger partial charge is 0.504 e. The van der Waals surface area contributed by atoms with Gasteiger partial charge in [-0.1, -0.05) is 0 Å². The van der Waals surface area contributed by atoms with Gasteiger partial charge in [-0.05, 0) is 18.9 Å². The van der Waals surface area contributed by atoms with Gasteiger partial charge in [0.15, 0.2) is 11.5 Å². The summed E-state index contributed by atoms with van der Waals surface area (Å²) in [6.07, 6.45) is 2.65. The number of hydrogen-bond acceptors (Lipinski definition) is 4. The van der Waals surface area contributed by atoms with E-state index in [9.17, 15) is 14.3 Å². The molecule has 0 aromatic heterocycles. The van der Waals surface area contributed by atoms with Crippen LogP contribution < -0.4 is 4.74 Å². The van der Waals surface area contributed by atoms with E-state index >= 15 is 0 Å². The lowest BCUT2D eigenvalue weighted by atomic mass is 10.0. The van der Waals surface area contributed by atoms with Gasteiger partial charge in [-0.15, -0.1) is 0 Å². The van der Waals surface area contributed by atoms with Gasteiger partial charge in [-0.3, -0.25) is 0 Å². The number of aromatic hydroxyl groups is 1. The van der Waals surface area contributed by atoms with Crippen LogP contribution in [0.15, 0.2) is 17.1 Å². The predicted octanol–water partition coefficient (Wildman–Crippen LogP) is 1.86. The lowest BCUT2D eigenvalue weighted by Crippen LogP contribution is -2.04. The molecule has 1 aliphatic rings. The first-order chi connectivity index (χ1) is 7.63. The third kappa shape index (κ3) is 1.55. The third-order valence-electron chi connectivity index (χ3n) is 2.74. The van der Waals surface area contributed by atoms with Crippen molar-refractivity contribution >= 4 is 6.08 Å². The Balaban J connectivity index is 2.56. The molecular formula is C11H10FNO3. The van der Waals surface area contributed by atoms with Crippen LogP contribution in [0.25, 0.3) is 0 Å². The van der Waals surface area contributed by atoms with Crippen molar-refractivity contribution in [2.24, 2.45) is 4.99 Å². The van der Waals surface area contributed by atoms with Crippen LogP contribution in [0.2, 0.25) is 0 Å². The van der Waals surface area contributed by atoms with Crippen LogP contribution in [0.4, 0.5) is 4.39 Å². The summed E-state index contributed by atoms with van der Waals surface area (Å²) in [6.45, 7) is 0. The first-order valence-electron chi connectivity index (χ1n) is 4.79. The van der Waals surface area contributed by atoms with Crippen molar-refractivity contribution in [3.8, 4) is 11.5 Å². The molecule has 0 spiro atoms. The first-order valence-corrected chi connectivity index (χ1v) is 4.79. The zero-order chi connectivity index (χ0) is 11.8. The maximum Gasteiger partial charge on any atom is 0.235 e. The van der Waals surface area contributed by atoms with E-state index in [0.29, 0.717) is 12.8 Å². The molecule has 1 N–H and O–H groups in total. The van der Waals surface area contributed by atoms with Crippen molar-refractivity contribution in [3.05, 3.63) is 23.5 Å². The van der Waals surface area contributed by atoms with Crippen LogP contribution in [0.5, 0.6) is 11.5 Å². The first kappa shape index (κ1) is 10.6. The van der Waals surface area contributed by atoms with E-state index in [-0.39, 0.29) is 17.1 Å². The Labute approximate surface area is 91.4 Å². The minimum absolute atomic E-state index is 0.0439. The third-order valence-corrected chi connectivity index (χ3v) is 2.74. The molecule has 84 valence electrons. The molecule has 0 amide bonds. The molecule has 5 heteroatoms. The fraction of sp³-hybridized carbons (Fsp3) is 0.364. The minimum Gasteiger partial charge on any atom is -0.504 e. The molecule has 0 saturated heterocycles. The monoisotopic (exact) mass is 223 g/mol. The number of halogens is 1. The summed E-state index contributed by atoms with van der Waals surface area (Å²) < 4.78 is 18.1. The highest BCUT2D eigenvalue weighted by Crippen LogP contribution is 2.53. The van der Waals surface area contributed by atoms with Crippen molar-refractivity contribution in [2.75, 3.05) is 7.11 Å². The van der Waals surface area contributed by atoms with Crippen LogP contribution in [-0.2, 0) is 10.3 Å². The summed E-state index contributed by atoms with van der Waals surface area (Å²) in [5, 5.41) is 9.83. The Hall–Kier alpha value is -1.87. The van der Waals surface area contributed by atoms with E-state index in [1.54, 1.807) is 0 Å². The van der Waals surface area contributed by atoms with Crippen LogP contribution in [0, 0.1) is 5.82 Å². The SMILES string of the molecule is COc1cc(F)cc(C2(N=C=O)CC2)c1O. The fourth-order valence-electron chi connectivity index (χ4n) is 1.73. The van der Waals surface area contributed by atoms with Crippen LogP contribution in [0.3, 0.4) is 0 Å². The Morgan fingerprint density at radius 1 is 1.56 bits per heavy atom. The number of aliphatic imine (C=N–C) groups is 1. The Morgan fingerprint density at radius 3 is 2.75 bits per heavy atom. The smallest absolute Gasteiger partial charge is 0.235 e. The maximum atomic E-state index is 13.3. The summed E-state index contributed by atoms with van der Waals surface area (Å²) in [4.78, 5) is 13.9.